The molecule has 46 valence electrons. The lowest BCUT2D eigenvalue weighted by molar-refractivity contribution is -0.133. The van der Waals surface area contributed by atoms with Gasteiger partial charge in [-0.3, -0.25) is 9.59 Å². The number of rotatable bonds is 0. The summed E-state index contributed by atoms with van der Waals surface area (Å²) in [6.45, 7) is 3.54. The SMILES string of the molecule is C=C1C=CC(=O)C(=O)C1. The van der Waals surface area contributed by atoms with E-state index in [1.54, 1.807) is 6.08 Å². The van der Waals surface area contributed by atoms with E-state index in [9.17, 15) is 9.59 Å². The summed E-state index contributed by atoms with van der Waals surface area (Å²) in [7, 11) is 0. The Bertz CT molecular complexity index is 211. The highest BCUT2D eigenvalue weighted by Crippen LogP contribution is 2.07. The lowest BCUT2D eigenvalue weighted by Gasteiger charge is -2.01. The van der Waals surface area contributed by atoms with Gasteiger partial charge in [0, 0.05) is 6.42 Å². The normalized spacial score (nSPS) is 18.9. The van der Waals surface area contributed by atoms with Gasteiger partial charge in [0.05, 0.1) is 0 Å². The van der Waals surface area contributed by atoms with Crippen molar-refractivity contribution in [3.8, 4) is 0 Å². The molecule has 0 atom stereocenters. The van der Waals surface area contributed by atoms with Crippen LogP contribution in [0.3, 0.4) is 0 Å². The van der Waals surface area contributed by atoms with E-state index in [1.165, 1.54) is 6.08 Å². The fourth-order valence-electron chi connectivity index (χ4n) is 0.639. The van der Waals surface area contributed by atoms with E-state index in [4.69, 9.17) is 0 Å². The highest BCUT2D eigenvalue weighted by molar-refractivity contribution is 6.43. The van der Waals surface area contributed by atoms with Crippen molar-refractivity contribution in [3.63, 3.8) is 0 Å². The molecule has 1 rings (SSSR count). The van der Waals surface area contributed by atoms with E-state index < -0.39 is 5.78 Å². The van der Waals surface area contributed by atoms with Gasteiger partial charge in [0.2, 0.25) is 11.6 Å². The van der Waals surface area contributed by atoms with Gasteiger partial charge < -0.3 is 0 Å². The first kappa shape index (κ1) is 5.95. The topological polar surface area (TPSA) is 34.1 Å². The molecule has 0 aromatic heterocycles. The third-order valence-electron chi connectivity index (χ3n) is 1.13. The molecule has 0 saturated heterocycles. The summed E-state index contributed by atoms with van der Waals surface area (Å²) in [4.78, 5) is 21.0. The van der Waals surface area contributed by atoms with E-state index in [-0.39, 0.29) is 12.2 Å². The molecule has 0 spiro atoms. The predicted octanol–water partition coefficient (Wildman–Crippen LogP) is 0.641. The van der Waals surface area contributed by atoms with Crippen LogP contribution in [0.1, 0.15) is 6.42 Å². The first-order valence-electron chi connectivity index (χ1n) is 2.63. The third kappa shape index (κ3) is 1.13. The average molecular weight is 122 g/mol. The summed E-state index contributed by atoms with van der Waals surface area (Å²) in [6, 6.07) is 0. The van der Waals surface area contributed by atoms with Crippen LogP contribution in [-0.4, -0.2) is 11.6 Å². The molecule has 0 heterocycles. The van der Waals surface area contributed by atoms with Crippen molar-refractivity contribution in [2.24, 2.45) is 0 Å². The summed E-state index contributed by atoms with van der Waals surface area (Å²) in [5.41, 5.74) is 0.708. The molecule has 0 radical (unpaired) electrons. The Morgan fingerprint density at radius 1 is 1.33 bits per heavy atom. The maximum absolute atomic E-state index is 10.5. The van der Waals surface area contributed by atoms with Crippen LogP contribution in [0, 0.1) is 0 Å². The second kappa shape index (κ2) is 1.97. The van der Waals surface area contributed by atoms with Crippen molar-refractivity contribution >= 4 is 11.6 Å². The molecule has 0 saturated carbocycles. The van der Waals surface area contributed by atoms with Gasteiger partial charge in [-0.05, 0) is 11.6 Å². The molecule has 9 heavy (non-hydrogen) atoms. The predicted molar refractivity (Wildman–Crippen MR) is 32.9 cm³/mol. The number of Topliss-reactive ketones (excluding diaryl/α,β-unsaturated/α-hetero) is 1. The van der Waals surface area contributed by atoms with E-state index in [2.05, 4.69) is 6.58 Å². The summed E-state index contributed by atoms with van der Waals surface area (Å²) in [6.07, 6.45) is 3.02. The van der Waals surface area contributed by atoms with E-state index in [0.717, 1.165) is 0 Å². The summed E-state index contributed by atoms with van der Waals surface area (Å²) in [5, 5.41) is 0. The highest BCUT2D eigenvalue weighted by Gasteiger charge is 2.14. The number of carbonyl (C=O) groups is 2. The standard InChI is InChI=1S/C7H6O2/c1-5-2-3-6(8)7(9)4-5/h2-3H,1,4H2. The minimum atomic E-state index is -0.414. The van der Waals surface area contributed by atoms with Crippen LogP contribution >= 0.6 is 0 Å². The average Bonchev–Trinajstić information content (AvgIpc) is 1.80. The third-order valence-corrected chi connectivity index (χ3v) is 1.13. The summed E-state index contributed by atoms with van der Waals surface area (Å²) in [5.74, 6) is -0.773. The number of allylic oxidation sites excluding steroid dienone is 3. The zero-order chi connectivity index (χ0) is 6.85. The Kier molecular flexibility index (Phi) is 1.30. The smallest absolute Gasteiger partial charge is 0.221 e. The van der Waals surface area contributed by atoms with Crippen molar-refractivity contribution in [2.45, 2.75) is 6.42 Å². The first-order chi connectivity index (χ1) is 4.20. The molecular formula is C7H6O2. The quantitative estimate of drug-likeness (QED) is 0.442. The first-order valence-corrected chi connectivity index (χ1v) is 2.63. The number of hydrogen-bond donors (Lipinski definition) is 0. The number of ketones is 2. The minimum absolute atomic E-state index is 0.190. The molecule has 0 fully saturated rings. The van der Waals surface area contributed by atoms with Crippen LogP contribution in [0.25, 0.3) is 0 Å². The van der Waals surface area contributed by atoms with Crippen LogP contribution in [0.4, 0.5) is 0 Å². The molecule has 0 bridgehead atoms. The van der Waals surface area contributed by atoms with Crippen molar-refractivity contribution < 1.29 is 9.59 Å². The lowest BCUT2D eigenvalue weighted by Crippen LogP contribution is -2.14. The van der Waals surface area contributed by atoms with Crippen LogP contribution in [0.5, 0.6) is 0 Å². The molecule has 0 amide bonds. The second-order valence-corrected chi connectivity index (χ2v) is 1.96. The van der Waals surface area contributed by atoms with Gasteiger partial charge in [0.1, 0.15) is 0 Å². The highest BCUT2D eigenvalue weighted by atomic mass is 16.2. The lowest BCUT2D eigenvalue weighted by atomic mass is 10.0. The Hall–Kier alpha value is -1.18. The molecule has 1 aliphatic rings. The molecule has 0 N–H and O–H groups in total. The van der Waals surface area contributed by atoms with Gasteiger partial charge >= 0.3 is 0 Å². The van der Waals surface area contributed by atoms with Crippen LogP contribution < -0.4 is 0 Å². The van der Waals surface area contributed by atoms with E-state index in [1.807, 2.05) is 0 Å². The van der Waals surface area contributed by atoms with Crippen LogP contribution in [0.15, 0.2) is 24.3 Å². The number of carbonyl (C=O) groups excluding carboxylic acids is 2. The fourth-order valence-corrected chi connectivity index (χ4v) is 0.639. The maximum atomic E-state index is 10.5. The fraction of sp³-hybridized carbons (Fsp3) is 0.143. The van der Waals surface area contributed by atoms with Crippen molar-refractivity contribution in [1.29, 1.82) is 0 Å². The van der Waals surface area contributed by atoms with Gasteiger partial charge in [-0.2, -0.15) is 0 Å². The van der Waals surface area contributed by atoms with Gasteiger partial charge in [-0.15, -0.1) is 0 Å². The molecule has 0 unspecified atom stereocenters. The van der Waals surface area contributed by atoms with Gasteiger partial charge in [-0.25, -0.2) is 0 Å². The molecule has 0 aromatic carbocycles. The van der Waals surface area contributed by atoms with Crippen molar-refractivity contribution in [3.05, 3.63) is 24.3 Å². The molecule has 0 aromatic rings. The molecule has 1 aliphatic carbocycles. The minimum Gasteiger partial charge on any atom is -0.290 e. The Balaban J connectivity index is 2.89. The van der Waals surface area contributed by atoms with E-state index in [0.29, 0.717) is 5.57 Å². The second-order valence-electron chi connectivity index (χ2n) is 1.96. The molecule has 0 aliphatic heterocycles. The van der Waals surface area contributed by atoms with E-state index >= 15 is 0 Å². The van der Waals surface area contributed by atoms with Gasteiger partial charge in [0.15, 0.2) is 0 Å². The Morgan fingerprint density at radius 3 is 2.44 bits per heavy atom. The largest absolute Gasteiger partial charge is 0.290 e. The van der Waals surface area contributed by atoms with Gasteiger partial charge in [0.25, 0.3) is 0 Å². The molecular weight excluding hydrogens is 116 g/mol. The number of hydrogen-bond acceptors (Lipinski definition) is 2. The summed E-state index contributed by atoms with van der Waals surface area (Å²) < 4.78 is 0. The summed E-state index contributed by atoms with van der Waals surface area (Å²) >= 11 is 0. The zero-order valence-corrected chi connectivity index (χ0v) is 4.89. The van der Waals surface area contributed by atoms with Crippen molar-refractivity contribution in [1.82, 2.24) is 0 Å². The van der Waals surface area contributed by atoms with Crippen molar-refractivity contribution in [2.75, 3.05) is 0 Å². The molecule has 2 nitrogen and oxygen atoms in total. The van der Waals surface area contributed by atoms with Crippen LogP contribution in [0.2, 0.25) is 0 Å². The van der Waals surface area contributed by atoms with Crippen LogP contribution in [-0.2, 0) is 9.59 Å². The maximum Gasteiger partial charge on any atom is 0.221 e. The molecule has 2 heteroatoms. The Labute approximate surface area is 52.9 Å². The monoisotopic (exact) mass is 122 g/mol. The Morgan fingerprint density at radius 2 is 2.00 bits per heavy atom. The zero-order valence-electron chi connectivity index (χ0n) is 4.89. The van der Waals surface area contributed by atoms with Gasteiger partial charge in [-0.1, -0.05) is 12.7 Å².